The normalized spacial score (nSPS) is 11.8. The van der Waals surface area contributed by atoms with Crippen LogP contribution >= 0.6 is 0 Å². The average Bonchev–Trinajstić information content (AvgIpc) is 2.17. The highest BCUT2D eigenvalue weighted by Crippen LogP contribution is 2.27. The number of phenols is 1. The molecule has 0 aromatic heterocycles. The van der Waals surface area contributed by atoms with Crippen LogP contribution in [-0.4, -0.2) is 17.3 Å². The first-order chi connectivity index (χ1) is 6.19. The van der Waals surface area contributed by atoms with Gasteiger partial charge >= 0.3 is 0 Å². The number of methoxy groups -OCH3 is 1. The van der Waals surface area contributed by atoms with Gasteiger partial charge in [0, 0.05) is 5.56 Å². The van der Waals surface area contributed by atoms with Crippen molar-refractivity contribution in [1.29, 1.82) is 0 Å². The molecule has 0 heterocycles. The zero-order chi connectivity index (χ0) is 9.84. The lowest BCUT2D eigenvalue weighted by molar-refractivity contribution is 0.232. The van der Waals surface area contributed by atoms with Gasteiger partial charge in [0.1, 0.15) is 17.6 Å². The zero-order valence-electron chi connectivity index (χ0n) is 7.19. The number of ether oxygens (including phenoxy) is 1. The summed E-state index contributed by atoms with van der Waals surface area (Å²) in [5, 5.41) is 18.6. The molecule has 0 amide bonds. The van der Waals surface area contributed by atoms with Crippen LogP contribution in [0, 0.1) is 12.3 Å². The summed E-state index contributed by atoms with van der Waals surface area (Å²) in [6.07, 6.45) is 3.91. The van der Waals surface area contributed by atoms with Gasteiger partial charge in [-0.25, -0.2) is 0 Å². The van der Waals surface area contributed by atoms with Crippen LogP contribution in [0.5, 0.6) is 11.5 Å². The van der Waals surface area contributed by atoms with Crippen LogP contribution in [0.2, 0.25) is 0 Å². The fourth-order valence-electron chi connectivity index (χ4n) is 0.968. The van der Waals surface area contributed by atoms with E-state index in [2.05, 4.69) is 5.92 Å². The highest BCUT2D eigenvalue weighted by atomic mass is 16.5. The van der Waals surface area contributed by atoms with Crippen molar-refractivity contribution in [3.63, 3.8) is 0 Å². The van der Waals surface area contributed by atoms with Crippen LogP contribution in [0.15, 0.2) is 18.2 Å². The van der Waals surface area contributed by atoms with Crippen LogP contribution in [0.4, 0.5) is 0 Å². The van der Waals surface area contributed by atoms with E-state index in [1.807, 2.05) is 0 Å². The van der Waals surface area contributed by atoms with E-state index < -0.39 is 6.10 Å². The Balaban J connectivity index is 3.12. The molecule has 68 valence electrons. The maximum atomic E-state index is 9.32. The van der Waals surface area contributed by atoms with Crippen molar-refractivity contribution in [1.82, 2.24) is 0 Å². The Hall–Kier alpha value is -1.66. The molecular weight excluding hydrogens is 168 g/mol. The van der Waals surface area contributed by atoms with Crippen LogP contribution in [0.1, 0.15) is 11.7 Å². The largest absolute Gasteiger partial charge is 0.508 e. The van der Waals surface area contributed by atoms with Crippen LogP contribution in [0.25, 0.3) is 0 Å². The van der Waals surface area contributed by atoms with E-state index in [4.69, 9.17) is 11.2 Å². The molecule has 0 aliphatic rings. The van der Waals surface area contributed by atoms with Crippen molar-refractivity contribution in [2.75, 3.05) is 7.11 Å². The van der Waals surface area contributed by atoms with Crippen molar-refractivity contribution < 1.29 is 14.9 Å². The Morgan fingerprint density at radius 1 is 1.54 bits per heavy atom. The quantitative estimate of drug-likeness (QED) is 0.666. The highest BCUT2D eigenvalue weighted by Gasteiger charge is 2.10. The number of hydrogen-bond acceptors (Lipinski definition) is 3. The summed E-state index contributed by atoms with van der Waals surface area (Å²) >= 11 is 0. The first-order valence-electron chi connectivity index (χ1n) is 3.70. The molecule has 0 bridgehead atoms. The van der Waals surface area contributed by atoms with Gasteiger partial charge in [-0.2, -0.15) is 0 Å². The van der Waals surface area contributed by atoms with Crippen LogP contribution in [0.3, 0.4) is 0 Å². The number of benzene rings is 1. The minimum atomic E-state index is -1.10. The van der Waals surface area contributed by atoms with E-state index in [1.54, 1.807) is 6.07 Å². The fourth-order valence-corrected chi connectivity index (χ4v) is 0.968. The summed E-state index contributed by atoms with van der Waals surface area (Å²) in [5.41, 5.74) is 0.279. The first-order valence-corrected chi connectivity index (χ1v) is 3.70. The molecule has 0 radical (unpaired) electrons. The molecule has 1 unspecified atom stereocenters. The Kier molecular flexibility index (Phi) is 2.78. The second kappa shape index (κ2) is 3.83. The lowest BCUT2D eigenvalue weighted by Gasteiger charge is -2.08. The SMILES string of the molecule is C#CC(O)c1cc(OC)ccc1O. The van der Waals surface area contributed by atoms with Crippen molar-refractivity contribution in [2.24, 2.45) is 0 Å². The van der Waals surface area contributed by atoms with Crippen molar-refractivity contribution >= 4 is 0 Å². The Morgan fingerprint density at radius 2 is 2.23 bits per heavy atom. The molecule has 3 heteroatoms. The van der Waals surface area contributed by atoms with Crippen LogP contribution < -0.4 is 4.74 Å². The topological polar surface area (TPSA) is 49.7 Å². The molecule has 0 saturated heterocycles. The Morgan fingerprint density at radius 3 is 2.77 bits per heavy atom. The van der Waals surface area contributed by atoms with Crippen molar-refractivity contribution in [2.45, 2.75) is 6.10 Å². The molecule has 1 atom stereocenters. The number of aromatic hydroxyl groups is 1. The maximum absolute atomic E-state index is 9.32. The van der Waals surface area contributed by atoms with Gasteiger partial charge in [-0.05, 0) is 18.2 Å². The molecule has 0 spiro atoms. The number of aliphatic hydroxyl groups is 1. The standard InChI is InChI=1S/C10H10O3/c1-3-9(11)8-6-7(13-2)4-5-10(8)12/h1,4-6,9,11-12H,2H3. The van der Waals surface area contributed by atoms with E-state index >= 15 is 0 Å². The average molecular weight is 178 g/mol. The predicted octanol–water partition coefficient (Wildman–Crippen LogP) is 1.07. The second-order valence-electron chi connectivity index (χ2n) is 2.49. The smallest absolute Gasteiger partial charge is 0.143 e. The minimum absolute atomic E-state index is 0.0359. The van der Waals surface area contributed by atoms with Gasteiger partial charge in [-0.1, -0.05) is 5.92 Å². The number of rotatable bonds is 2. The fraction of sp³-hybridized carbons (Fsp3) is 0.200. The van der Waals surface area contributed by atoms with E-state index in [0.717, 1.165) is 0 Å². The number of terminal acetylenes is 1. The molecule has 0 saturated carbocycles. The molecule has 2 N–H and O–H groups in total. The molecule has 0 aliphatic heterocycles. The zero-order valence-corrected chi connectivity index (χ0v) is 7.19. The van der Waals surface area contributed by atoms with E-state index in [0.29, 0.717) is 5.75 Å². The van der Waals surface area contributed by atoms with E-state index in [9.17, 15) is 10.2 Å². The third kappa shape index (κ3) is 1.92. The molecule has 0 aliphatic carbocycles. The molecule has 1 rings (SSSR count). The molecule has 13 heavy (non-hydrogen) atoms. The molecule has 1 aromatic rings. The van der Waals surface area contributed by atoms with E-state index in [-0.39, 0.29) is 11.3 Å². The maximum Gasteiger partial charge on any atom is 0.143 e. The lowest BCUT2D eigenvalue weighted by Crippen LogP contribution is -1.94. The van der Waals surface area contributed by atoms with Crippen molar-refractivity contribution in [3.05, 3.63) is 23.8 Å². The van der Waals surface area contributed by atoms with Gasteiger partial charge in [-0.15, -0.1) is 6.42 Å². The molecular formula is C10H10O3. The van der Waals surface area contributed by atoms with Gasteiger partial charge in [0.2, 0.25) is 0 Å². The Labute approximate surface area is 76.6 Å². The highest BCUT2D eigenvalue weighted by molar-refractivity contribution is 5.42. The summed E-state index contributed by atoms with van der Waals surface area (Å²) in [4.78, 5) is 0. The first kappa shape index (κ1) is 9.43. The third-order valence-corrected chi connectivity index (χ3v) is 1.69. The summed E-state index contributed by atoms with van der Waals surface area (Å²) in [5.74, 6) is 2.62. The van der Waals surface area contributed by atoms with Gasteiger partial charge in [-0.3, -0.25) is 0 Å². The summed E-state index contributed by atoms with van der Waals surface area (Å²) in [7, 11) is 1.50. The number of aliphatic hydroxyl groups excluding tert-OH is 1. The third-order valence-electron chi connectivity index (χ3n) is 1.69. The van der Waals surface area contributed by atoms with Gasteiger partial charge < -0.3 is 14.9 Å². The van der Waals surface area contributed by atoms with Gasteiger partial charge in [0.05, 0.1) is 7.11 Å². The monoisotopic (exact) mass is 178 g/mol. The predicted molar refractivity (Wildman–Crippen MR) is 48.5 cm³/mol. The summed E-state index contributed by atoms with van der Waals surface area (Å²) in [6.45, 7) is 0. The molecule has 0 fully saturated rings. The lowest BCUT2D eigenvalue weighted by atomic mass is 10.1. The van der Waals surface area contributed by atoms with Gasteiger partial charge in [0.25, 0.3) is 0 Å². The second-order valence-corrected chi connectivity index (χ2v) is 2.49. The molecule has 3 nitrogen and oxygen atoms in total. The van der Waals surface area contributed by atoms with Crippen LogP contribution in [-0.2, 0) is 0 Å². The Bertz CT molecular complexity index is 339. The minimum Gasteiger partial charge on any atom is -0.508 e. The van der Waals surface area contributed by atoms with E-state index in [1.165, 1.54) is 19.2 Å². The number of hydrogen-bond donors (Lipinski definition) is 2. The summed E-state index contributed by atoms with van der Waals surface area (Å²) < 4.78 is 4.91. The van der Waals surface area contributed by atoms with Crippen molar-refractivity contribution in [3.8, 4) is 23.8 Å². The number of phenolic OH excluding ortho intramolecular Hbond substituents is 1. The summed E-state index contributed by atoms with van der Waals surface area (Å²) in [6, 6.07) is 4.51. The molecule has 1 aromatic carbocycles. The van der Waals surface area contributed by atoms with Gasteiger partial charge in [0.15, 0.2) is 0 Å².